The molecule has 5 heteroatoms. The number of thiocarbonyl (C=S) groups is 1. The maximum atomic E-state index is 9.60. The summed E-state index contributed by atoms with van der Waals surface area (Å²) in [5, 5.41) is 16.0. The summed E-state index contributed by atoms with van der Waals surface area (Å²) in [5.41, 5.74) is 1.14. The first-order valence-corrected chi connectivity index (χ1v) is 6.34. The number of benzene rings is 1. The van der Waals surface area contributed by atoms with Crippen molar-refractivity contribution in [3.8, 4) is 5.75 Å². The van der Waals surface area contributed by atoms with Crippen LogP contribution in [0.15, 0.2) is 48.7 Å². The van der Waals surface area contributed by atoms with E-state index >= 15 is 0 Å². The third-order valence-corrected chi connectivity index (χ3v) is 2.89. The van der Waals surface area contributed by atoms with Crippen LogP contribution in [0.5, 0.6) is 5.75 Å². The van der Waals surface area contributed by atoms with E-state index in [9.17, 15) is 5.11 Å². The lowest BCUT2D eigenvalue weighted by atomic mass is 10.1. The second-order valence-corrected chi connectivity index (χ2v) is 4.51. The predicted octanol–water partition coefficient (Wildman–Crippen LogP) is 2.83. The van der Waals surface area contributed by atoms with Crippen LogP contribution in [-0.4, -0.2) is 15.2 Å². The minimum Gasteiger partial charge on any atom is -0.504 e. The summed E-state index contributed by atoms with van der Waals surface area (Å²) >= 11 is 5.20. The Morgan fingerprint density at radius 2 is 1.95 bits per heavy atom. The molecule has 0 saturated carbocycles. The number of rotatable bonds is 3. The summed E-state index contributed by atoms with van der Waals surface area (Å²) in [6, 6.07) is 13.3. The summed E-state index contributed by atoms with van der Waals surface area (Å²) in [6.07, 6.45) is 1.59. The Labute approximate surface area is 117 Å². The first kappa shape index (κ1) is 13.3. The molecule has 0 aliphatic rings. The van der Waals surface area contributed by atoms with E-state index in [1.54, 1.807) is 18.3 Å². The van der Waals surface area contributed by atoms with E-state index in [0.29, 0.717) is 10.9 Å². The summed E-state index contributed by atoms with van der Waals surface area (Å²) in [4.78, 5) is 4.01. The Morgan fingerprint density at radius 3 is 2.63 bits per heavy atom. The van der Waals surface area contributed by atoms with Gasteiger partial charge in [-0.2, -0.15) is 0 Å². The van der Waals surface area contributed by atoms with Gasteiger partial charge in [0.15, 0.2) is 16.7 Å². The van der Waals surface area contributed by atoms with E-state index in [1.807, 2.05) is 37.3 Å². The van der Waals surface area contributed by atoms with Crippen molar-refractivity contribution in [1.82, 2.24) is 10.3 Å². The molecule has 0 bridgehead atoms. The van der Waals surface area contributed by atoms with Gasteiger partial charge in [-0.1, -0.05) is 30.3 Å². The van der Waals surface area contributed by atoms with Gasteiger partial charge in [-0.15, -0.1) is 0 Å². The van der Waals surface area contributed by atoms with Crippen LogP contribution in [0.1, 0.15) is 18.5 Å². The van der Waals surface area contributed by atoms with Crippen molar-refractivity contribution in [2.45, 2.75) is 13.0 Å². The molecule has 19 heavy (non-hydrogen) atoms. The van der Waals surface area contributed by atoms with Crippen LogP contribution in [-0.2, 0) is 0 Å². The summed E-state index contributed by atoms with van der Waals surface area (Å²) in [5.74, 6) is 0.416. The van der Waals surface area contributed by atoms with Gasteiger partial charge in [-0.05, 0) is 36.8 Å². The number of aromatic hydroxyl groups is 1. The first-order chi connectivity index (χ1) is 9.16. The fourth-order valence-electron chi connectivity index (χ4n) is 1.66. The molecule has 2 rings (SSSR count). The molecule has 0 aliphatic heterocycles. The van der Waals surface area contributed by atoms with Crippen molar-refractivity contribution >= 4 is 23.1 Å². The number of aromatic nitrogens is 1. The third kappa shape index (κ3) is 3.66. The van der Waals surface area contributed by atoms with E-state index < -0.39 is 0 Å². The van der Waals surface area contributed by atoms with Gasteiger partial charge in [0.1, 0.15) is 0 Å². The predicted molar refractivity (Wildman–Crippen MR) is 80.1 cm³/mol. The van der Waals surface area contributed by atoms with Crippen LogP contribution < -0.4 is 10.6 Å². The monoisotopic (exact) mass is 273 g/mol. The van der Waals surface area contributed by atoms with Crippen molar-refractivity contribution in [2.75, 3.05) is 5.32 Å². The van der Waals surface area contributed by atoms with Crippen LogP contribution in [0.4, 0.5) is 5.82 Å². The van der Waals surface area contributed by atoms with Crippen molar-refractivity contribution < 1.29 is 5.11 Å². The molecule has 0 aliphatic carbocycles. The van der Waals surface area contributed by atoms with Gasteiger partial charge in [0.25, 0.3) is 0 Å². The molecule has 0 spiro atoms. The molecule has 1 heterocycles. The summed E-state index contributed by atoms with van der Waals surface area (Å²) in [6.45, 7) is 2.02. The van der Waals surface area contributed by atoms with Gasteiger partial charge in [0.05, 0.1) is 6.04 Å². The Hall–Kier alpha value is -2.14. The molecule has 0 unspecified atom stereocenters. The molecule has 0 amide bonds. The zero-order chi connectivity index (χ0) is 13.7. The third-order valence-electron chi connectivity index (χ3n) is 2.67. The molecule has 98 valence electrons. The van der Waals surface area contributed by atoms with Crippen LogP contribution in [0.2, 0.25) is 0 Å². The number of nitrogens with zero attached hydrogens (tertiary/aromatic N) is 1. The van der Waals surface area contributed by atoms with E-state index in [0.717, 1.165) is 5.56 Å². The fourth-order valence-corrected chi connectivity index (χ4v) is 1.93. The molecule has 0 fully saturated rings. The molecule has 2 aromatic rings. The van der Waals surface area contributed by atoms with Crippen molar-refractivity contribution in [3.63, 3.8) is 0 Å². The quantitative estimate of drug-likeness (QED) is 0.751. The van der Waals surface area contributed by atoms with Gasteiger partial charge in [-0.3, -0.25) is 0 Å². The van der Waals surface area contributed by atoms with Gasteiger partial charge < -0.3 is 15.7 Å². The molecule has 1 aromatic heterocycles. The highest BCUT2D eigenvalue weighted by molar-refractivity contribution is 7.80. The van der Waals surface area contributed by atoms with Crippen LogP contribution in [0.3, 0.4) is 0 Å². The maximum absolute atomic E-state index is 9.60. The SMILES string of the molecule is C[C@@H](NC(=S)Nc1ncccc1O)c1ccccc1. The molecule has 0 radical (unpaired) electrons. The normalized spacial score (nSPS) is 11.6. The molecular formula is C14H15N3OS. The molecule has 0 saturated heterocycles. The van der Waals surface area contributed by atoms with Gasteiger partial charge >= 0.3 is 0 Å². The molecular weight excluding hydrogens is 258 g/mol. The topological polar surface area (TPSA) is 57.2 Å². The highest BCUT2D eigenvalue weighted by Gasteiger charge is 2.08. The largest absolute Gasteiger partial charge is 0.504 e. The summed E-state index contributed by atoms with van der Waals surface area (Å²) < 4.78 is 0. The Balaban J connectivity index is 1.97. The molecule has 4 nitrogen and oxygen atoms in total. The summed E-state index contributed by atoms with van der Waals surface area (Å²) in [7, 11) is 0. The Morgan fingerprint density at radius 1 is 1.21 bits per heavy atom. The van der Waals surface area contributed by atoms with E-state index in [1.165, 1.54) is 0 Å². The van der Waals surface area contributed by atoms with Gasteiger partial charge in [0, 0.05) is 6.20 Å². The number of hydrogen-bond acceptors (Lipinski definition) is 3. The highest BCUT2D eigenvalue weighted by atomic mass is 32.1. The number of pyridine rings is 1. The lowest BCUT2D eigenvalue weighted by Gasteiger charge is -2.17. The number of anilines is 1. The average molecular weight is 273 g/mol. The number of hydrogen-bond donors (Lipinski definition) is 3. The van der Waals surface area contributed by atoms with Gasteiger partial charge in [0.2, 0.25) is 0 Å². The average Bonchev–Trinajstić information content (AvgIpc) is 2.42. The zero-order valence-corrected chi connectivity index (χ0v) is 11.3. The van der Waals surface area contributed by atoms with Crippen LogP contribution in [0.25, 0.3) is 0 Å². The maximum Gasteiger partial charge on any atom is 0.174 e. The zero-order valence-electron chi connectivity index (χ0n) is 10.5. The first-order valence-electron chi connectivity index (χ1n) is 5.93. The van der Waals surface area contributed by atoms with Crippen LogP contribution >= 0.6 is 12.2 Å². The van der Waals surface area contributed by atoms with Crippen molar-refractivity contribution in [3.05, 3.63) is 54.2 Å². The minimum atomic E-state index is 0.0685. The van der Waals surface area contributed by atoms with Gasteiger partial charge in [-0.25, -0.2) is 4.98 Å². The Kier molecular flexibility index (Phi) is 4.30. The van der Waals surface area contributed by atoms with Crippen LogP contribution in [0, 0.1) is 0 Å². The lowest BCUT2D eigenvalue weighted by molar-refractivity contribution is 0.475. The second-order valence-electron chi connectivity index (χ2n) is 4.10. The van der Waals surface area contributed by atoms with E-state index in [4.69, 9.17) is 12.2 Å². The molecule has 1 aromatic carbocycles. The highest BCUT2D eigenvalue weighted by Crippen LogP contribution is 2.18. The smallest absolute Gasteiger partial charge is 0.174 e. The number of nitrogens with one attached hydrogen (secondary N) is 2. The minimum absolute atomic E-state index is 0.0685. The van der Waals surface area contributed by atoms with Crippen molar-refractivity contribution in [2.24, 2.45) is 0 Å². The van der Waals surface area contributed by atoms with Crippen molar-refractivity contribution in [1.29, 1.82) is 0 Å². The fraction of sp³-hybridized carbons (Fsp3) is 0.143. The van der Waals surface area contributed by atoms with E-state index in [-0.39, 0.29) is 11.8 Å². The van der Waals surface area contributed by atoms with E-state index in [2.05, 4.69) is 15.6 Å². The Bertz CT molecular complexity index is 560. The lowest BCUT2D eigenvalue weighted by Crippen LogP contribution is -2.31. The molecule has 3 N–H and O–H groups in total. The standard InChI is InChI=1S/C14H15N3OS/c1-10(11-6-3-2-4-7-11)16-14(19)17-13-12(18)8-5-9-15-13/h2-10,18H,1H3,(H2,15,16,17,19)/t10-/m1/s1. The second kappa shape index (κ2) is 6.15. The molecule has 1 atom stereocenters.